The highest BCUT2D eigenvalue weighted by molar-refractivity contribution is 5.76. The van der Waals surface area contributed by atoms with E-state index in [2.05, 4.69) is 19.0 Å². The van der Waals surface area contributed by atoms with Crippen molar-refractivity contribution in [2.24, 2.45) is 5.16 Å². The molecule has 0 saturated heterocycles. The lowest BCUT2D eigenvalue weighted by Gasteiger charge is -2.28. The van der Waals surface area contributed by atoms with Crippen molar-refractivity contribution in [3.8, 4) is 0 Å². The normalized spacial score (nSPS) is 12.9. The van der Waals surface area contributed by atoms with Crippen LogP contribution in [0.1, 0.15) is 53.9 Å². The molecule has 0 fully saturated rings. The number of oxime groups is 1. The van der Waals surface area contributed by atoms with Gasteiger partial charge >= 0.3 is 0 Å². The Labute approximate surface area is 122 Å². The number of nitrogens with zero attached hydrogens (tertiary/aromatic N) is 1. The van der Waals surface area contributed by atoms with Gasteiger partial charge in [-0.2, -0.15) is 0 Å². The second-order valence-corrected chi connectivity index (χ2v) is 6.12. The Bertz CT molecular complexity index is 311. The van der Waals surface area contributed by atoms with Gasteiger partial charge < -0.3 is 14.3 Å². The Balaban J connectivity index is 3.81. The molecular weight excluding hydrogens is 258 g/mol. The molecule has 0 bridgehead atoms. The second kappa shape index (κ2) is 9.08. The van der Waals surface area contributed by atoms with E-state index in [1.807, 2.05) is 13.8 Å². The van der Waals surface area contributed by atoms with Gasteiger partial charge in [-0.05, 0) is 53.9 Å². The molecule has 20 heavy (non-hydrogen) atoms. The average Bonchev–Trinajstić information content (AvgIpc) is 2.32. The molecular formula is C15H29NO4. The van der Waals surface area contributed by atoms with Crippen molar-refractivity contribution >= 4 is 12.0 Å². The van der Waals surface area contributed by atoms with E-state index in [1.165, 1.54) is 6.92 Å². The molecule has 0 atom stereocenters. The first-order valence-electron chi connectivity index (χ1n) is 7.01. The minimum Gasteiger partial charge on any atom is -0.388 e. The van der Waals surface area contributed by atoms with Gasteiger partial charge in [-0.3, -0.25) is 4.79 Å². The first kappa shape index (κ1) is 19.1. The molecule has 0 saturated carbocycles. The van der Waals surface area contributed by atoms with E-state index in [0.29, 0.717) is 6.61 Å². The standard InChI is InChI=1S/C15H29NO4/c1-13(17)12-20-16-10-7-8-15(4,5)19-11-9-14(2,3)18-6/h10H,7-9,11-12H2,1-6H3/b16-10+. The maximum absolute atomic E-state index is 10.6. The summed E-state index contributed by atoms with van der Waals surface area (Å²) in [5.41, 5.74) is -0.367. The van der Waals surface area contributed by atoms with E-state index in [1.54, 1.807) is 13.3 Å². The van der Waals surface area contributed by atoms with Gasteiger partial charge in [-0.15, -0.1) is 0 Å². The lowest BCUT2D eigenvalue weighted by Crippen LogP contribution is -2.30. The predicted octanol–water partition coefficient (Wildman–Crippen LogP) is 2.97. The molecule has 0 aromatic heterocycles. The summed E-state index contributed by atoms with van der Waals surface area (Å²) in [4.78, 5) is 15.4. The number of methoxy groups -OCH3 is 1. The van der Waals surface area contributed by atoms with Crippen LogP contribution in [-0.2, 0) is 19.1 Å². The number of ketones is 1. The summed E-state index contributed by atoms with van der Waals surface area (Å²) >= 11 is 0. The number of ether oxygens (including phenoxy) is 2. The third-order valence-corrected chi connectivity index (χ3v) is 3.04. The smallest absolute Gasteiger partial charge is 0.174 e. The van der Waals surface area contributed by atoms with Gasteiger partial charge in [0.2, 0.25) is 0 Å². The van der Waals surface area contributed by atoms with Crippen LogP contribution in [0.5, 0.6) is 0 Å². The molecule has 0 radical (unpaired) electrons. The van der Waals surface area contributed by atoms with E-state index in [-0.39, 0.29) is 23.6 Å². The number of carbonyl (C=O) groups is 1. The minimum absolute atomic E-state index is 0.0303. The van der Waals surface area contributed by atoms with Gasteiger partial charge in [-0.1, -0.05) is 5.16 Å². The summed E-state index contributed by atoms with van der Waals surface area (Å²) in [5, 5.41) is 3.73. The highest BCUT2D eigenvalue weighted by atomic mass is 16.6. The van der Waals surface area contributed by atoms with E-state index < -0.39 is 0 Å². The van der Waals surface area contributed by atoms with Crippen LogP contribution in [-0.4, -0.2) is 43.5 Å². The van der Waals surface area contributed by atoms with Crippen molar-refractivity contribution in [3.63, 3.8) is 0 Å². The Morgan fingerprint density at radius 1 is 1.15 bits per heavy atom. The molecule has 5 heteroatoms. The fourth-order valence-corrected chi connectivity index (χ4v) is 1.39. The van der Waals surface area contributed by atoms with Crippen molar-refractivity contribution in [1.82, 2.24) is 0 Å². The van der Waals surface area contributed by atoms with Crippen molar-refractivity contribution in [2.45, 2.75) is 65.1 Å². The Morgan fingerprint density at radius 2 is 1.80 bits per heavy atom. The number of hydrogen-bond donors (Lipinski definition) is 0. The van der Waals surface area contributed by atoms with Crippen LogP contribution in [0, 0.1) is 0 Å². The van der Waals surface area contributed by atoms with Crippen LogP contribution in [0.25, 0.3) is 0 Å². The predicted molar refractivity (Wildman–Crippen MR) is 80.1 cm³/mol. The van der Waals surface area contributed by atoms with Gasteiger partial charge in [0, 0.05) is 13.3 Å². The average molecular weight is 287 g/mol. The van der Waals surface area contributed by atoms with Crippen LogP contribution in [0.15, 0.2) is 5.16 Å². The van der Waals surface area contributed by atoms with Crippen LogP contribution >= 0.6 is 0 Å². The van der Waals surface area contributed by atoms with Crippen LogP contribution in [0.4, 0.5) is 0 Å². The van der Waals surface area contributed by atoms with Crippen molar-refractivity contribution < 1.29 is 19.1 Å². The third kappa shape index (κ3) is 10.9. The summed E-state index contributed by atoms with van der Waals surface area (Å²) < 4.78 is 11.2. The largest absolute Gasteiger partial charge is 0.388 e. The first-order valence-corrected chi connectivity index (χ1v) is 7.01. The molecule has 0 amide bonds. The Morgan fingerprint density at radius 3 is 2.35 bits per heavy atom. The number of carbonyl (C=O) groups excluding carboxylic acids is 1. The molecule has 0 aliphatic carbocycles. The summed E-state index contributed by atoms with van der Waals surface area (Å²) in [6.45, 7) is 10.3. The maximum Gasteiger partial charge on any atom is 0.174 e. The Hall–Kier alpha value is -0.940. The highest BCUT2D eigenvalue weighted by Gasteiger charge is 2.21. The van der Waals surface area contributed by atoms with Gasteiger partial charge in [0.05, 0.1) is 17.8 Å². The van der Waals surface area contributed by atoms with Crippen molar-refractivity contribution in [1.29, 1.82) is 0 Å². The maximum atomic E-state index is 10.6. The Kier molecular flexibility index (Phi) is 8.65. The van der Waals surface area contributed by atoms with Gasteiger partial charge in [-0.25, -0.2) is 0 Å². The minimum atomic E-state index is -0.212. The molecule has 0 spiro atoms. The van der Waals surface area contributed by atoms with E-state index >= 15 is 0 Å². The zero-order valence-electron chi connectivity index (χ0n) is 13.7. The summed E-state index contributed by atoms with van der Waals surface area (Å²) in [6, 6.07) is 0. The zero-order chi connectivity index (χ0) is 15.6. The first-order chi connectivity index (χ1) is 9.18. The third-order valence-electron chi connectivity index (χ3n) is 3.04. The van der Waals surface area contributed by atoms with Crippen LogP contribution in [0.2, 0.25) is 0 Å². The molecule has 0 N–H and O–H groups in total. The van der Waals surface area contributed by atoms with Crippen molar-refractivity contribution in [3.05, 3.63) is 0 Å². The number of hydrogen-bond acceptors (Lipinski definition) is 5. The van der Waals surface area contributed by atoms with Crippen molar-refractivity contribution in [2.75, 3.05) is 20.3 Å². The van der Waals surface area contributed by atoms with Crippen LogP contribution in [0.3, 0.4) is 0 Å². The molecule has 0 rings (SSSR count). The highest BCUT2D eigenvalue weighted by Crippen LogP contribution is 2.19. The molecule has 5 nitrogen and oxygen atoms in total. The van der Waals surface area contributed by atoms with E-state index in [0.717, 1.165) is 19.3 Å². The molecule has 0 aromatic carbocycles. The molecule has 0 aliphatic rings. The zero-order valence-corrected chi connectivity index (χ0v) is 13.7. The second-order valence-electron chi connectivity index (χ2n) is 6.12. The topological polar surface area (TPSA) is 57.1 Å². The summed E-state index contributed by atoms with van der Waals surface area (Å²) in [6.07, 6.45) is 4.11. The SMILES string of the molecule is COC(C)(C)CCOC(C)(C)CC/C=N/OCC(C)=O. The molecule has 0 unspecified atom stereocenters. The fraction of sp³-hybridized carbons (Fsp3) is 0.867. The fourth-order valence-electron chi connectivity index (χ4n) is 1.39. The van der Waals surface area contributed by atoms with Gasteiger partial charge in [0.15, 0.2) is 12.4 Å². The van der Waals surface area contributed by atoms with Gasteiger partial charge in [0.1, 0.15) is 0 Å². The monoisotopic (exact) mass is 287 g/mol. The molecule has 0 aliphatic heterocycles. The summed E-state index contributed by atoms with van der Waals surface area (Å²) in [5.74, 6) is -0.0356. The van der Waals surface area contributed by atoms with E-state index in [4.69, 9.17) is 14.3 Å². The van der Waals surface area contributed by atoms with Gasteiger partial charge in [0.25, 0.3) is 0 Å². The summed E-state index contributed by atoms with van der Waals surface area (Å²) in [7, 11) is 1.71. The van der Waals surface area contributed by atoms with Crippen LogP contribution < -0.4 is 0 Å². The quantitative estimate of drug-likeness (QED) is 0.433. The van der Waals surface area contributed by atoms with E-state index in [9.17, 15) is 4.79 Å². The number of rotatable bonds is 11. The molecule has 0 aromatic rings. The lowest BCUT2D eigenvalue weighted by atomic mass is 10.0. The number of Topliss-reactive ketones (excluding diaryl/α,β-unsaturated/α-hetero) is 1. The molecule has 118 valence electrons. The molecule has 0 heterocycles. The lowest BCUT2D eigenvalue weighted by molar-refractivity contribution is -0.121.